The van der Waals surface area contributed by atoms with Gasteiger partial charge in [-0.1, -0.05) is 24.6 Å². The number of benzene rings is 1. The maximum Gasteiger partial charge on any atom is 0.0414 e. The van der Waals surface area contributed by atoms with E-state index >= 15 is 0 Å². The lowest BCUT2D eigenvalue weighted by atomic mass is 9.93. The third kappa shape index (κ3) is 1.66. The molecule has 1 aromatic rings. The monoisotopic (exact) mass is 242 g/mol. The zero-order valence-electron chi connectivity index (χ0n) is 10.9. The van der Waals surface area contributed by atoms with Crippen molar-refractivity contribution in [1.29, 1.82) is 0 Å². The summed E-state index contributed by atoms with van der Waals surface area (Å²) in [6.45, 7) is 3.35. The summed E-state index contributed by atoms with van der Waals surface area (Å²) in [7, 11) is 0. The van der Waals surface area contributed by atoms with Gasteiger partial charge in [-0.2, -0.15) is 0 Å². The van der Waals surface area contributed by atoms with Crippen molar-refractivity contribution < 1.29 is 0 Å². The van der Waals surface area contributed by atoms with E-state index in [1.165, 1.54) is 43.5 Å². The van der Waals surface area contributed by atoms with Gasteiger partial charge in [0.05, 0.1) is 0 Å². The van der Waals surface area contributed by atoms with Crippen molar-refractivity contribution in [2.75, 3.05) is 18.0 Å². The number of nitrogens with one attached hydrogen (secondary N) is 1. The van der Waals surface area contributed by atoms with Gasteiger partial charge in [-0.15, -0.1) is 0 Å². The Labute approximate surface area is 109 Å². The third-order valence-electron chi connectivity index (χ3n) is 5.25. The molecule has 4 rings (SSSR count). The Morgan fingerprint density at radius 3 is 2.89 bits per heavy atom. The predicted octanol–water partition coefficient (Wildman–Crippen LogP) is 2.78. The fraction of sp³-hybridized carbons (Fsp3) is 0.625. The highest BCUT2D eigenvalue weighted by Gasteiger charge is 2.42. The Bertz CT molecular complexity index is 442. The Hall–Kier alpha value is -1.02. The summed E-state index contributed by atoms with van der Waals surface area (Å²) in [5, 5.41) is 3.56. The first kappa shape index (κ1) is 10.9. The maximum atomic E-state index is 3.56. The molecule has 18 heavy (non-hydrogen) atoms. The lowest BCUT2D eigenvalue weighted by Gasteiger charge is -2.36. The lowest BCUT2D eigenvalue weighted by Crippen LogP contribution is -2.41. The molecule has 2 saturated carbocycles. The molecule has 2 fully saturated rings. The van der Waals surface area contributed by atoms with Crippen LogP contribution in [0.15, 0.2) is 24.3 Å². The standard InChI is InChI=1S/C16H22N2/c1-2-4-15-14(3-1)11-17-7-8-18(15)16-10-12-5-6-13(16)9-12/h1-4,12-13,16-17H,5-11H2. The van der Waals surface area contributed by atoms with E-state index < -0.39 is 0 Å². The molecule has 2 heteroatoms. The van der Waals surface area contributed by atoms with E-state index in [1.54, 1.807) is 0 Å². The minimum absolute atomic E-state index is 0.824. The Kier molecular flexibility index (Phi) is 2.58. The van der Waals surface area contributed by atoms with Gasteiger partial charge < -0.3 is 10.2 Å². The van der Waals surface area contributed by atoms with Crippen molar-refractivity contribution in [2.24, 2.45) is 11.8 Å². The van der Waals surface area contributed by atoms with Crippen LogP contribution >= 0.6 is 0 Å². The zero-order valence-corrected chi connectivity index (χ0v) is 10.9. The number of nitrogens with zero attached hydrogens (tertiary/aromatic N) is 1. The smallest absolute Gasteiger partial charge is 0.0414 e. The molecule has 0 spiro atoms. The number of anilines is 1. The van der Waals surface area contributed by atoms with Crippen LogP contribution in [0.1, 0.15) is 31.2 Å². The van der Waals surface area contributed by atoms with Crippen LogP contribution < -0.4 is 10.2 Å². The number of rotatable bonds is 1. The van der Waals surface area contributed by atoms with Crippen LogP contribution in [0.4, 0.5) is 5.69 Å². The third-order valence-corrected chi connectivity index (χ3v) is 5.25. The van der Waals surface area contributed by atoms with Crippen LogP contribution in [0.3, 0.4) is 0 Å². The first-order valence-electron chi connectivity index (χ1n) is 7.47. The summed E-state index contributed by atoms with van der Waals surface area (Å²) in [6.07, 6.45) is 5.91. The number of para-hydroxylation sites is 1. The topological polar surface area (TPSA) is 15.3 Å². The second-order valence-electron chi connectivity index (χ2n) is 6.24. The number of hydrogen-bond acceptors (Lipinski definition) is 2. The van der Waals surface area contributed by atoms with Gasteiger partial charge in [-0.3, -0.25) is 0 Å². The number of hydrogen-bond donors (Lipinski definition) is 1. The predicted molar refractivity (Wildman–Crippen MR) is 74.7 cm³/mol. The average molecular weight is 242 g/mol. The summed E-state index contributed by atoms with van der Waals surface area (Å²) in [6, 6.07) is 9.81. The second kappa shape index (κ2) is 4.27. The molecule has 2 bridgehead atoms. The van der Waals surface area contributed by atoms with Crippen molar-refractivity contribution in [3.8, 4) is 0 Å². The lowest BCUT2D eigenvalue weighted by molar-refractivity contribution is 0.393. The highest BCUT2D eigenvalue weighted by molar-refractivity contribution is 5.55. The van der Waals surface area contributed by atoms with E-state index in [2.05, 4.69) is 34.5 Å². The first-order valence-corrected chi connectivity index (χ1v) is 7.47. The van der Waals surface area contributed by atoms with Crippen LogP contribution in [0.2, 0.25) is 0 Å². The SMILES string of the molecule is c1ccc2c(c1)CNCCN2C1CC2CCC1C2. The molecule has 1 heterocycles. The van der Waals surface area contributed by atoms with E-state index in [-0.39, 0.29) is 0 Å². The van der Waals surface area contributed by atoms with Crippen molar-refractivity contribution in [3.63, 3.8) is 0 Å². The van der Waals surface area contributed by atoms with E-state index in [0.29, 0.717) is 0 Å². The molecule has 1 aromatic carbocycles. The van der Waals surface area contributed by atoms with Crippen LogP contribution in [0.5, 0.6) is 0 Å². The molecule has 0 saturated heterocycles. The summed E-state index contributed by atoms with van der Waals surface area (Å²) in [5.41, 5.74) is 2.98. The fourth-order valence-electron chi connectivity index (χ4n) is 4.42. The molecule has 3 atom stereocenters. The van der Waals surface area contributed by atoms with Gasteiger partial charge in [0.2, 0.25) is 0 Å². The van der Waals surface area contributed by atoms with E-state index in [4.69, 9.17) is 0 Å². The summed E-state index contributed by atoms with van der Waals surface area (Å²) >= 11 is 0. The molecule has 3 unspecified atom stereocenters. The van der Waals surface area contributed by atoms with Crippen molar-refractivity contribution in [2.45, 2.75) is 38.3 Å². The van der Waals surface area contributed by atoms with Gasteiger partial charge in [-0.05, 0) is 42.7 Å². The second-order valence-corrected chi connectivity index (χ2v) is 6.24. The molecule has 2 nitrogen and oxygen atoms in total. The molecular weight excluding hydrogens is 220 g/mol. The van der Waals surface area contributed by atoms with Crippen molar-refractivity contribution in [3.05, 3.63) is 29.8 Å². The minimum Gasteiger partial charge on any atom is -0.367 e. The molecule has 0 aromatic heterocycles. The van der Waals surface area contributed by atoms with Gasteiger partial charge in [-0.25, -0.2) is 0 Å². The van der Waals surface area contributed by atoms with Crippen LogP contribution in [-0.2, 0) is 6.54 Å². The Morgan fingerprint density at radius 1 is 1.11 bits per heavy atom. The van der Waals surface area contributed by atoms with Crippen LogP contribution in [0, 0.1) is 11.8 Å². The quantitative estimate of drug-likeness (QED) is 0.814. The molecule has 0 amide bonds. The largest absolute Gasteiger partial charge is 0.367 e. The Balaban J connectivity index is 1.68. The van der Waals surface area contributed by atoms with E-state index in [1.807, 2.05) is 0 Å². The maximum absolute atomic E-state index is 3.56. The fourth-order valence-corrected chi connectivity index (χ4v) is 4.42. The van der Waals surface area contributed by atoms with Crippen molar-refractivity contribution in [1.82, 2.24) is 5.32 Å². The summed E-state index contributed by atoms with van der Waals surface area (Å²) in [5.74, 6) is 2.00. The minimum atomic E-state index is 0.824. The number of fused-ring (bicyclic) bond motifs is 3. The van der Waals surface area contributed by atoms with Gasteiger partial charge >= 0.3 is 0 Å². The molecular formula is C16H22N2. The molecule has 2 aliphatic carbocycles. The summed E-state index contributed by atoms with van der Waals surface area (Å²) < 4.78 is 0. The van der Waals surface area contributed by atoms with Gasteiger partial charge in [0, 0.05) is 31.4 Å². The van der Waals surface area contributed by atoms with Gasteiger partial charge in [0.15, 0.2) is 0 Å². The van der Waals surface area contributed by atoms with E-state index in [9.17, 15) is 0 Å². The van der Waals surface area contributed by atoms with E-state index in [0.717, 1.165) is 31.0 Å². The average Bonchev–Trinajstić information content (AvgIpc) is 2.96. The molecule has 1 N–H and O–H groups in total. The normalized spacial score (nSPS) is 34.4. The zero-order chi connectivity index (χ0) is 11.9. The Morgan fingerprint density at radius 2 is 2.06 bits per heavy atom. The first-order chi connectivity index (χ1) is 8.92. The van der Waals surface area contributed by atoms with Crippen LogP contribution in [0.25, 0.3) is 0 Å². The van der Waals surface area contributed by atoms with Crippen LogP contribution in [-0.4, -0.2) is 19.1 Å². The molecule has 0 radical (unpaired) electrons. The van der Waals surface area contributed by atoms with Gasteiger partial charge in [0.25, 0.3) is 0 Å². The summed E-state index contributed by atoms with van der Waals surface area (Å²) in [4.78, 5) is 2.72. The highest BCUT2D eigenvalue weighted by Crippen LogP contribution is 2.47. The molecule has 1 aliphatic heterocycles. The van der Waals surface area contributed by atoms with Gasteiger partial charge in [0.1, 0.15) is 0 Å². The highest BCUT2D eigenvalue weighted by atomic mass is 15.2. The van der Waals surface area contributed by atoms with Crippen molar-refractivity contribution >= 4 is 5.69 Å². The molecule has 3 aliphatic rings. The molecule has 96 valence electrons.